The molecule has 25 heavy (non-hydrogen) atoms. The van der Waals surface area contributed by atoms with Crippen molar-refractivity contribution in [3.8, 4) is 0 Å². The fourth-order valence-corrected chi connectivity index (χ4v) is 3.83. The van der Waals surface area contributed by atoms with Crippen molar-refractivity contribution in [2.45, 2.75) is 39.7 Å². The van der Waals surface area contributed by atoms with Gasteiger partial charge in [0, 0.05) is 23.9 Å². The van der Waals surface area contributed by atoms with Crippen LogP contribution in [0.1, 0.15) is 44.0 Å². The van der Waals surface area contributed by atoms with Gasteiger partial charge in [-0.3, -0.25) is 9.78 Å². The molecule has 4 nitrogen and oxygen atoms in total. The van der Waals surface area contributed by atoms with Crippen LogP contribution in [0.3, 0.4) is 0 Å². The summed E-state index contributed by atoms with van der Waals surface area (Å²) in [7, 11) is 0. The van der Waals surface area contributed by atoms with Crippen molar-refractivity contribution in [2.24, 2.45) is 5.41 Å². The highest BCUT2D eigenvalue weighted by atomic mass is 16.1. The standard InChI is InChI=1S/C21H23N3O/c1-13-7-8-14-16(10-13)24-20(15-6-4-5-9-22-15)19-17(23-14)11-21(2,3)12-18(19)25/h4-10,20,23-24H,11-12H2,1-3H3/t20-/m1/s1. The summed E-state index contributed by atoms with van der Waals surface area (Å²) in [4.78, 5) is 17.6. The molecule has 2 heterocycles. The van der Waals surface area contributed by atoms with Crippen LogP contribution < -0.4 is 10.6 Å². The minimum Gasteiger partial charge on any atom is -0.371 e. The van der Waals surface area contributed by atoms with Gasteiger partial charge in [0.2, 0.25) is 0 Å². The highest BCUT2D eigenvalue weighted by Gasteiger charge is 2.39. The van der Waals surface area contributed by atoms with Crippen molar-refractivity contribution >= 4 is 17.2 Å². The number of nitrogens with zero attached hydrogens (tertiary/aromatic N) is 1. The Bertz CT molecular complexity index is 868. The number of anilines is 2. The number of hydrogen-bond donors (Lipinski definition) is 2. The molecule has 4 heteroatoms. The fraction of sp³-hybridized carbons (Fsp3) is 0.333. The summed E-state index contributed by atoms with van der Waals surface area (Å²) in [5.74, 6) is 0.200. The van der Waals surface area contributed by atoms with E-state index in [0.717, 1.165) is 34.8 Å². The summed E-state index contributed by atoms with van der Waals surface area (Å²) in [6.07, 6.45) is 3.20. The Kier molecular flexibility index (Phi) is 3.64. The molecule has 128 valence electrons. The van der Waals surface area contributed by atoms with Gasteiger partial charge in [0.15, 0.2) is 5.78 Å². The molecule has 0 saturated heterocycles. The van der Waals surface area contributed by atoms with Crippen molar-refractivity contribution in [1.29, 1.82) is 0 Å². The van der Waals surface area contributed by atoms with Crippen molar-refractivity contribution in [3.63, 3.8) is 0 Å². The Morgan fingerprint density at radius 1 is 1.12 bits per heavy atom. The van der Waals surface area contributed by atoms with E-state index in [4.69, 9.17) is 0 Å². The summed E-state index contributed by atoms with van der Waals surface area (Å²) in [5.41, 5.74) is 5.89. The summed E-state index contributed by atoms with van der Waals surface area (Å²) >= 11 is 0. The van der Waals surface area contributed by atoms with Gasteiger partial charge in [-0.25, -0.2) is 0 Å². The number of ketones is 1. The van der Waals surface area contributed by atoms with Crippen molar-refractivity contribution < 1.29 is 4.79 Å². The van der Waals surface area contributed by atoms with Gasteiger partial charge in [0.25, 0.3) is 0 Å². The predicted octanol–water partition coefficient (Wildman–Crippen LogP) is 4.61. The third-order valence-electron chi connectivity index (χ3n) is 4.95. The number of rotatable bonds is 1. The molecule has 0 bridgehead atoms. The van der Waals surface area contributed by atoms with E-state index in [-0.39, 0.29) is 17.2 Å². The Balaban J connectivity index is 1.89. The van der Waals surface area contributed by atoms with Crippen LogP contribution in [0, 0.1) is 12.3 Å². The lowest BCUT2D eigenvalue weighted by molar-refractivity contribution is -0.118. The SMILES string of the molecule is Cc1ccc2c(c1)N[C@H](c1ccccn1)C1=C(CC(C)(C)CC1=O)N2. The second-order valence-corrected chi connectivity index (χ2v) is 7.84. The Morgan fingerprint density at radius 3 is 2.72 bits per heavy atom. The second-order valence-electron chi connectivity index (χ2n) is 7.84. The highest BCUT2D eigenvalue weighted by Crippen LogP contribution is 2.45. The maximum absolute atomic E-state index is 13.0. The monoisotopic (exact) mass is 333 g/mol. The number of Topliss-reactive ketones (excluding diaryl/α,β-unsaturated/α-hetero) is 1. The third kappa shape index (κ3) is 2.93. The van der Waals surface area contributed by atoms with Crippen LogP contribution in [0.2, 0.25) is 0 Å². The lowest BCUT2D eigenvalue weighted by atomic mass is 9.74. The molecule has 2 aliphatic rings. The molecule has 4 rings (SSSR count). The molecular weight excluding hydrogens is 310 g/mol. The maximum Gasteiger partial charge on any atom is 0.163 e. The molecule has 0 spiro atoms. The first kappa shape index (κ1) is 15.9. The van der Waals surface area contributed by atoms with Crippen LogP contribution in [0.25, 0.3) is 0 Å². The van der Waals surface area contributed by atoms with Gasteiger partial charge in [0.05, 0.1) is 23.1 Å². The molecule has 0 saturated carbocycles. The molecule has 1 aromatic carbocycles. The number of aromatic nitrogens is 1. The summed E-state index contributed by atoms with van der Waals surface area (Å²) in [6.45, 7) is 6.38. The van der Waals surface area contributed by atoms with E-state index in [0.29, 0.717) is 6.42 Å². The van der Waals surface area contributed by atoms with Gasteiger partial charge in [0.1, 0.15) is 0 Å². The number of aryl methyl sites for hydroxylation is 1. The molecule has 1 aromatic heterocycles. The largest absolute Gasteiger partial charge is 0.371 e. The zero-order valence-corrected chi connectivity index (χ0v) is 14.9. The smallest absolute Gasteiger partial charge is 0.163 e. The average molecular weight is 333 g/mol. The number of carbonyl (C=O) groups excluding carboxylic acids is 1. The lowest BCUT2D eigenvalue weighted by Gasteiger charge is -2.33. The van der Waals surface area contributed by atoms with Crippen LogP contribution in [0.4, 0.5) is 11.4 Å². The van der Waals surface area contributed by atoms with Crippen LogP contribution in [-0.2, 0) is 4.79 Å². The number of carbonyl (C=O) groups is 1. The van der Waals surface area contributed by atoms with Gasteiger partial charge >= 0.3 is 0 Å². The summed E-state index contributed by atoms with van der Waals surface area (Å²) in [6, 6.07) is 11.9. The normalized spacial score (nSPS) is 21.6. The van der Waals surface area contributed by atoms with Crippen LogP contribution in [-0.4, -0.2) is 10.8 Å². The van der Waals surface area contributed by atoms with E-state index in [1.165, 1.54) is 5.56 Å². The maximum atomic E-state index is 13.0. The summed E-state index contributed by atoms with van der Waals surface area (Å²) in [5, 5.41) is 7.11. The molecule has 1 aliphatic heterocycles. The first-order chi connectivity index (χ1) is 11.9. The number of pyridine rings is 1. The van der Waals surface area contributed by atoms with Crippen molar-refractivity contribution in [1.82, 2.24) is 4.98 Å². The summed E-state index contributed by atoms with van der Waals surface area (Å²) < 4.78 is 0. The zero-order valence-electron chi connectivity index (χ0n) is 14.9. The Hall–Kier alpha value is -2.62. The molecule has 0 amide bonds. The molecule has 1 aliphatic carbocycles. The van der Waals surface area contributed by atoms with Crippen LogP contribution in [0.15, 0.2) is 53.9 Å². The Morgan fingerprint density at radius 2 is 1.96 bits per heavy atom. The molecule has 2 aromatic rings. The first-order valence-electron chi connectivity index (χ1n) is 8.74. The van der Waals surface area contributed by atoms with Gasteiger partial charge < -0.3 is 10.6 Å². The molecule has 0 fully saturated rings. The molecule has 1 atom stereocenters. The van der Waals surface area contributed by atoms with E-state index in [1.54, 1.807) is 6.20 Å². The van der Waals surface area contributed by atoms with E-state index < -0.39 is 0 Å². The minimum atomic E-state index is -0.227. The highest BCUT2D eigenvalue weighted by molar-refractivity contribution is 6.01. The topological polar surface area (TPSA) is 54.0 Å². The van der Waals surface area contributed by atoms with Crippen molar-refractivity contribution in [2.75, 3.05) is 10.6 Å². The molecule has 0 unspecified atom stereocenters. The van der Waals surface area contributed by atoms with Crippen LogP contribution in [0.5, 0.6) is 0 Å². The quantitative estimate of drug-likeness (QED) is 0.800. The first-order valence-corrected chi connectivity index (χ1v) is 8.74. The number of nitrogens with one attached hydrogen (secondary N) is 2. The van der Waals surface area contributed by atoms with E-state index in [1.807, 2.05) is 18.2 Å². The predicted molar refractivity (Wildman–Crippen MR) is 100 cm³/mol. The van der Waals surface area contributed by atoms with Crippen LogP contribution >= 0.6 is 0 Å². The molecular formula is C21H23N3O. The second kappa shape index (κ2) is 5.73. The van der Waals surface area contributed by atoms with E-state index >= 15 is 0 Å². The van der Waals surface area contributed by atoms with E-state index in [9.17, 15) is 4.79 Å². The number of allylic oxidation sites excluding steroid dienone is 1. The average Bonchev–Trinajstić information content (AvgIpc) is 2.70. The molecule has 0 radical (unpaired) electrons. The Labute approximate surface area is 148 Å². The minimum absolute atomic E-state index is 0.0349. The number of fused-ring (bicyclic) bond motifs is 1. The van der Waals surface area contributed by atoms with E-state index in [2.05, 4.69) is 54.6 Å². The fourth-order valence-electron chi connectivity index (χ4n) is 3.83. The van der Waals surface area contributed by atoms with Gasteiger partial charge in [-0.2, -0.15) is 0 Å². The number of benzene rings is 1. The lowest BCUT2D eigenvalue weighted by Crippen LogP contribution is -2.31. The molecule has 2 N–H and O–H groups in total. The van der Waals surface area contributed by atoms with Gasteiger partial charge in [-0.05, 0) is 48.6 Å². The van der Waals surface area contributed by atoms with Gasteiger partial charge in [-0.15, -0.1) is 0 Å². The third-order valence-corrected chi connectivity index (χ3v) is 4.95. The zero-order chi connectivity index (χ0) is 17.6. The number of hydrogen-bond acceptors (Lipinski definition) is 4. The van der Waals surface area contributed by atoms with Gasteiger partial charge in [-0.1, -0.05) is 26.0 Å². The van der Waals surface area contributed by atoms with Crippen molar-refractivity contribution in [3.05, 3.63) is 65.1 Å².